The Hall–Kier alpha value is -3.14. The Labute approximate surface area is 174 Å². The topological polar surface area (TPSA) is 98.2 Å². The van der Waals surface area contributed by atoms with E-state index in [-0.39, 0.29) is 0 Å². The highest BCUT2D eigenvalue weighted by Gasteiger charge is 2.15. The Bertz CT molecular complexity index is 994. The van der Waals surface area contributed by atoms with Gasteiger partial charge in [0.05, 0.1) is 36.9 Å². The molecule has 0 amide bonds. The summed E-state index contributed by atoms with van der Waals surface area (Å²) in [5.74, 6) is 2.11. The lowest BCUT2D eigenvalue weighted by atomic mass is 10.2. The summed E-state index contributed by atoms with van der Waals surface area (Å²) >= 11 is 0. The van der Waals surface area contributed by atoms with Crippen molar-refractivity contribution in [3.05, 3.63) is 42.7 Å². The van der Waals surface area contributed by atoms with E-state index in [4.69, 9.17) is 24.2 Å². The van der Waals surface area contributed by atoms with Gasteiger partial charge < -0.3 is 18.9 Å². The maximum absolute atomic E-state index is 9.10. The molecule has 0 atom stereocenters. The zero-order valence-electron chi connectivity index (χ0n) is 16.7. The van der Waals surface area contributed by atoms with Gasteiger partial charge in [-0.25, -0.2) is 9.97 Å². The molecule has 0 bridgehead atoms. The molecule has 0 aliphatic carbocycles. The summed E-state index contributed by atoms with van der Waals surface area (Å²) in [6.45, 7) is 4.66. The summed E-state index contributed by atoms with van der Waals surface area (Å²) in [6, 6.07) is 10.6. The predicted octanol–water partition coefficient (Wildman–Crippen LogP) is 2.94. The van der Waals surface area contributed by atoms with Crippen molar-refractivity contribution in [1.29, 1.82) is 0 Å². The molecule has 1 aliphatic heterocycles. The van der Waals surface area contributed by atoms with Crippen LogP contribution in [0.4, 0.5) is 5.69 Å². The first-order valence-electron chi connectivity index (χ1n) is 9.70. The number of hydrogen-bond donors (Lipinski definition) is 2. The molecular weight excluding hydrogens is 388 g/mol. The number of ether oxygens (including phenoxy) is 4. The van der Waals surface area contributed by atoms with Crippen molar-refractivity contribution in [2.75, 3.05) is 52.0 Å². The van der Waals surface area contributed by atoms with Crippen LogP contribution in [0.2, 0.25) is 0 Å². The molecule has 158 valence electrons. The van der Waals surface area contributed by atoms with Gasteiger partial charge in [-0.05, 0) is 18.2 Å². The van der Waals surface area contributed by atoms with Crippen LogP contribution in [0.25, 0.3) is 10.9 Å². The molecule has 0 radical (unpaired) electrons. The molecule has 30 heavy (non-hydrogen) atoms. The van der Waals surface area contributed by atoms with E-state index in [2.05, 4.69) is 20.3 Å². The van der Waals surface area contributed by atoms with E-state index in [1.54, 1.807) is 37.4 Å². The number of fused-ring (bicyclic) bond motifs is 1. The van der Waals surface area contributed by atoms with Gasteiger partial charge in [-0.3, -0.25) is 15.6 Å². The van der Waals surface area contributed by atoms with E-state index in [0.29, 0.717) is 46.3 Å². The molecule has 1 aliphatic rings. The average Bonchev–Trinajstić information content (AvgIpc) is 2.80. The van der Waals surface area contributed by atoms with Gasteiger partial charge in [0.15, 0.2) is 11.5 Å². The molecule has 2 aromatic carbocycles. The predicted molar refractivity (Wildman–Crippen MR) is 111 cm³/mol. The van der Waals surface area contributed by atoms with E-state index in [0.717, 1.165) is 32.8 Å². The normalized spacial score (nSPS) is 14.5. The van der Waals surface area contributed by atoms with Crippen LogP contribution in [-0.4, -0.2) is 66.6 Å². The molecule has 9 nitrogen and oxygen atoms in total. The molecule has 1 aromatic heterocycles. The number of methoxy groups -OCH3 is 1. The van der Waals surface area contributed by atoms with Crippen LogP contribution < -0.4 is 19.7 Å². The van der Waals surface area contributed by atoms with E-state index < -0.39 is 0 Å². The number of anilines is 1. The van der Waals surface area contributed by atoms with Crippen LogP contribution in [0.1, 0.15) is 0 Å². The van der Waals surface area contributed by atoms with E-state index in [1.807, 2.05) is 6.07 Å². The third-order valence-corrected chi connectivity index (χ3v) is 4.83. The highest BCUT2D eigenvalue weighted by molar-refractivity contribution is 5.87. The molecule has 2 heterocycles. The highest BCUT2D eigenvalue weighted by atomic mass is 16.5. The molecule has 4 rings (SSSR count). The summed E-state index contributed by atoms with van der Waals surface area (Å²) in [5, 5.41) is 9.79. The Balaban J connectivity index is 1.56. The number of aromatic nitrogens is 2. The quantitative estimate of drug-likeness (QED) is 0.541. The van der Waals surface area contributed by atoms with Crippen LogP contribution in [0.5, 0.6) is 23.1 Å². The van der Waals surface area contributed by atoms with Gasteiger partial charge in [-0.2, -0.15) is 0 Å². The first-order chi connectivity index (χ1) is 14.8. The van der Waals surface area contributed by atoms with Crippen molar-refractivity contribution < 1.29 is 24.2 Å². The average molecular weight is 412 g/mol. The number of nitrogens with zero attached hydrogens (tertiary/aromatic N) is 3. The molecule has 3 aromatic rings. The van der Waals surface area contributed by atoms with E-state index in [9.17, 15) is 0 Å². The fourth-order valence-electron chi connectivity index (χ4n) is 3.24. The lowest BCUT2D eigenvalue weighted by Gasteiger charge is -2.26. The summed E-state index contributed by atoms with van der Waals surface area (Å²) in [6.07, 6.45) is 1.43. The molecule has 2 N–H and O–H groups in total. The number of hydrogen-bond acceptors (Lipinski definition) is 9. The van der Waals surface area contributed by atoms with Gasteiger partial charge in [0, 0.05) is 31.8 Å². The Kier molecular flexibility index (Phi) is 6.43. The van der Waals surface area contributed by atoms with Gasteiger partial charge in [0.25, 0.3) is 0 Å². The summed E-state index contributed by atoms with van der Waals surface area (Å²) in [5.41, 5.74) is 3.29. The van der Waals surface area contributed by atoms with Gasteiger partial charge >= 0.3 is 0 Å². The standard InChI is InChI=1S/C21H24N4O5/c1-27-19-13-18-17(12-20(19)29-10-7-25-5-8-28-9-6-25)21(23-14-22-18)30-16-4-2-3-15(11-16)24-26/h2-4,11-14,24,26H,5-10H2,1H3. The minimum Gasteiger partial charge on any atom is -0.493 e. The fraction of sp³-hybridized carbons (Fsp3) is 0.333. The van der Waals surface area contributed by atoms with E-state index in [1.165, 1.54) is 6.33 Å². The molecule has 0 saturated carbocycles. The first kappa shape index (κ1) is 20.1. The van der Waals surface area contributed by atoms with Gasteiger partial charge in [-0.1, -0.05) is 6.07 Å². The second-order valence-electron chi connectivity index (χ2n) is 6.74. The molecule has 0 unspecified atom stereocenters. The lowest BCUT2D eigenvalue weighted by molar-refractivity contribution is 0.0321. The third-order valence-electron chi connectivity index (χ3n) is 4.83. The van der Waals surface area contributed by atoms with Crippen LogP contribution in [0, 0.1) is 0 Å². The minimum absolute atomic E-state index is 0.385. The maximum Gasteiger partial charge on any atom is 0.230 e. The van der Waals surface area contributed by atoms with Crippen molar-refractivity contribution in [3.8, 4) is 23.1 Å². The number of benzene rings is 2. The van der Waals surface area contributed by atoms with Gasteiger partial charge in [0.1, 0.15) is 18.7 Å². The smallest absolute Gasteiger partial charge is 0.230 e. The number of rotatable bonds is 8. The molecule has 0 spiro atoms. The number of morpholine rings is 1. The maximum atomic E-state index is 9.10. The third kappa shape index (κ3) is 4.70. The highest BCUT2D eigenvalue weighted by Crippen LogP contribution is 2.36. The Morgan fingerprint density at radius 2 is 2.00 bits per heavy atom. The SMILES string of the molecule is COc1cc2ncnc(Oc3cccc(NO)c3)c2cc1OCCN1CCOCC1. The molecule has 1 fully saturated rings. The van der Waals surface area contributed by atoms with Crippen LogP contribution in [-0.2, 0) is 4.74 Å². The van der Waals surface area contributed by atoms with Crippen molar-refractivity contribution in [2.24, 2.45) is 0 Å². The zero-order valence-corrected chi connectivity index (χ0v) is 16.7. The van der Waals surface area contributed by atoms with Crippen LogP contribution >= 0.6 is 0 Å². The number of nitrogens with one attached hydrogen (secondary N) is 1. The molecular formula is C21H24N4O5. The summed E-state index contributed by atoms with van der Waals surface area (Å²) in [7, 11) is 1.60. The first-order valence-corrected chi connectivity index (χ1v) is 9.70. The van der Waals surface area contributed by atoms with Crippen molar-refractivity contribution in [2.45, 2.75) is 0 Å². The molecule has 9 heteroatoms. The lowest BCUT2D eigenvalue weighted by Crippen LogP contribution is -2.38. The summed E-state index contributed by atoms with van der Waals surface area (Å²) < 4.78 is 22.8. The summed E-state index contributed by atoms with van der Waals surface area (Å²) in [4.78, 5) is 10.9. The second-order valence-corrected chi connectivity index (χ2v) is 6.74. The van der Waals surface area contributed by atoms with Crippen molar-refractivity contribution in [1.82, 2.24) is 14.9 Å². The van der Waals surface area contributed by atoms with Crippen LogP contribution in [0.3, 0.4) is 0 Å². The Morgan fingerprint density at radius 1 is 1.13 bits per heavy atom. The van der Waals surface area contributed by atoms with Gasteiger partial charge in [-0.15, -0.1) is 0 Å². The monoisotopic (exact) mass is 412 g/mol. The van der Waals surface area contributed by atoms with Gasteiger partial charge in [0.2, 0.25) is 5.88 Å². The van der Waals surface area contributed by atoms with Crippen molar-refractivity contribution in [3.63, 3.8) is 0 Å². The molecule has 1 saturated heterocycles. The largest absolute Gasteiger partial charge is 0.493 e. The minimum atomic E-state index is 0.385. The zero-order chi connectivity index (χ0) is 20.8. The fourth-order valence-corrected chi connectivity index (χ4v) is 3.24. The van der Waals surface area contributed by atoms with Crippen molar-refractivity contribution >= 4 is 16.6 Å². The second kappa shape index (κ2) is 9.57. The van der Waals surface area contributed by atoms with E-state index >= 15 is 0 Å². The Morgan fingerprint density at radius 3 is 2.80 bits per heavy atom. The van der Waals surface area contributed by atoms with Crippen LogP contribution in [0.15, 0.2) is 42.7 Å².